The summed E-state index contributed by atoms with van der Waals surface area (Å²) in [6, 6.07) is 5.99. The van der Waals surface area contributed by atoms with Crippen LogP contribution in [0.25, 0.3) is 0 Å². The summed E-state index contributed by atoms with van der Waals surface area (Å²) in [4.78, 5) is 22.8. The maximum absolute atomic E-state index is 13.4. The number of amidine groups is 1. The van der Waals surface area contributed by atoms with Gasteiger partial charge in [-0.25, -0.2) is 13.8 Å². The molecule has 0 unspecified atom stereocenters. The van der Waals surface area contributed by atoms with E-state index in [4.69, 9.17) is 0 Å². The zero-order chi connectivity index (χ0) is 23.7. The second kappa shape index (κ2) is 11.6. The highest BCUT2D eigenvalue weighted by molar-refractivity contribution is 6.00. The Hall–Kier alpha value is -3.00. The maximum Gasteiger partial charge on any atom is 0.270 e. The molecule has 1 saturated heterocycles. The van der Waals surface area contributed by atoms with E-state index in [2.05, 4.69) is 21.8 Å². The molecule has 0 aliphatic carbocycles. The number of nitrogens with one attached hydrogen (secondary N) is 1. The highest BCUT2D eigenvalue weighted by Crippen LogP contribution is 2.28. The number of anilines is 1. The van der Waals surface area contributed by atoms with E-state index in [0.717, 1.165) is 6.92 Å². The number of allylic oxidation sites excluding steroid dienone is 1. The molecule has 0 atom stereocenters. The van der Waals surface area contributed by atoms with Crippen molar-refractivity contribution < 1.29 is 13.6 Å². The molecular weight excluding hydrogens is 412 g/mol. The number of likely N-dealkylation sites (N-methyl/N-ethyl adjacent to an activating group) is 1. The van der Waals surface area contributed by atoms with Gasteiger partial charge in [0.2, 0.25) is 5.91 Å². The Morgan fingerprint density at radius 2 is 1.78 bits per heavy atom. The minimum absolute atomic E-state index is 0.00297. The van der Waals surface area contributed by atoms with Crippen LogP contribution in [0.15, 0.2) is 66.0 Å². The number of benzene rings is 1. The molecule has 32 heavy (non-hydrogen) atoms. The first-order valence-electron chi connectivity index (χ1n) is 10.6. The molecule has 1 fully saturated rings. The average molecular weight is 446 g/mol. The molecular formula is C24H33F2N5O. The number of nitrogens with zero attached hydrogens (tertiary/aromatic N) is 4. The van der Waals surface area contributed by atoms with E-state index in [0.29, 0.717) is 49.9 Å². The molecule has 0 aromatic heterocycles. The molecule has 0 radical (unpaired) electrons. The number of amides is 1. The van der Waals surface area contributed by atoms with Gasteiger partial charge in [0.05, 0.1) is 5.70 Å². The van der Waals surface area contributed by atoms with Gasteiger partial charge in [0.15, 0.2) is 5.84 Å². The van der Waals surface area contributed by atoms with Gasteiger partial charge in [-0.05, 0) is 33.2 Å². The van der Waals surface area contributed by atoms with Gasteiger partial charge in [0.25, 0.3) is 5.92 Å². The fourth-order valence-corrected chi connectivity index (χ4v) is 3.18. The number of hydrogen-bond donors (Lipinski definition) is 1. The van der Waals surface area contributed by atoms with Crippen LogP contribution in [0.4, 0.5) is 14.5 Å². The van der Waals surface area contributed by atoms with Crippen LogP contribution in [0.3, 0.4) is 0 Å². The van der Waals surface area contributed by atoms with Crippen molar-refractivity contribution in [1.29, 1.82) is 0 Å². The Morgan fingerprint density at radius 1 is 1.19 bits per heavy atom. The zero-order valence-corrected chi connectivity index (χ0v) is 19.3. The summed E-state index contributed by atoms with van der Waals surface area (Å²) in [5.41, 5.74) is 1.16. The van der Waals surface area contributed by atoms with Crippen LogP contribution >= 0.6 is 0 Å². The molecule has 1 aromatic rings. The third-order valence-electron chi connectivity index (χ3n) is 4.92. The summed E-state index contributed by atoms with van der Waals surface area (Å²) in [6.45, 7) is 9.95. The maximum atomic E-state index is 13.4. The summed E-state index contributed by atoms with van der Waals surface area (Å²) in [5, 5.41) is 3.16. The fraction of sp³-hybridized carbons (Fsp3) is 0.417. The van der Waals surface area contributed by atoms with E-state index in [-0.39, 0.29) is 11.5 Å². The lowest BCUT2D eigenvalue weighted by Crippen LogP contribution is -2.51. The number of aliphatic imine (C=N–C) groups is 1. The molecule has 2 rings (SSSR count). The highest BCUT2D eigenvalue weighted by atomic mass is 19.3. The first-order chi connectivity index (χ1) is 15.1. The molecule has 1 aliphatic rings. The molecule has 0 saturated carbocycles. The Balaban J connectivity index is 2.02. The van der Waals surface area contributed by atoms with Crippen molar-refractivity contribution >= 4 is 17.4 Å². The first kappa shape index (κ1) is 25.3. The predicted molar refractivity (Wildman–Crippen MR) is 127 cm³/mol. The first-order valence-corrected chi connectivity index (χ1v) is 10.6. The Morgan fingerprint density at radius 3 is 2.31 bits per heavy atom. The lowest BCUT2D eigenvalue weighted by molar-refractivity contribution is -0.127. The van der Waals surface area contributed by atoms with Gasteiger partial charge in [-0.3, -0.25) is 4.79 Å². The lowest BCUT2D eigenvalue weighted by atomic mass is 10.1. The van der Waals surface area contributed by atoms with Crippen molar-refractivity contribution in [3.63, 3.8) is 0 Å². The molecule has 1 amide bonds. The number of alkyl halides is 2. The Kier molecular flexibility index (Phi) is 9.13. The smallest absolute Gasteiger partial charge is 0.270 e. The standard InChI is InChI=1S/C24H33F2N5O/c1-6-13-27-23(19(2)28-21-11-9-20(10-12-21)24(3,25)26)31-17-15-30(16-18-31)22(32)8-7-14-29(4)5/h6-13,28H,2,14-18H2,1,3-5H3/b8-7+,13-6-,27-23?. The third-order valence-corrected chi connectivity index (χ3v) is 4.92. The minimum Gasteiger partial charge on any atom is -0.353 e. The van der Waals surface area contributed by atoms with Gasteiger partial charge in [-0.1, -0.05) is 30.9 Å². The molecule has 8 heteroatoms. The van der Waals surface area contributed by atoms with Gasteiger partial charge in [0, 0.05) is 63.2 Å². The second-order valence-electron chi connectivity index (χ2n) is 7.98. The predicted octanol–water partition coefficient (Wildman–Crippen LogP) is 3.92. The van der Waals surface area contributed by atoms with E-state index in [9.17, 15) is 13.6 Å². The van der Waals surface area contributed by atoms with Crippen LogP contribution in [-0.2, 0) is 10.7 Å². The summed E-state index contributed by atoms with van der Waals surface area (Å²) in [6.07, 6.45) is 6.98. The Labute approximate surface area is 189 Å². The van der Waals surface area contributed by atoms with Gasteiger partial charge >= 0.3 is 0 Å². The number of piperazine rings is 1. The Bertz CT molecular complexity index is 861. The molecule has 1 aromatic carbocycles. The van der Waals surface area contributed by atoms with E-state index in [1.54, 1.807) is 24.4 Å². The van der Waals surface area contributed by atoms with Crippen molar-refractivity contribution in [1.82, 2.24) is 14.7 Å². The SMILES string of the molecule is C=C(Nc1ccc(C(C)(F)F)cc1)C(=N/C=C\C)N1CCN(C(=O)/C=C/CN(C)C)CC1. The van der Waals surface area contributed by atoms with Gasteiger partial charge in [-0.15, -0.1) is 0 Å². The van der Waals surface area contributed by atoms with Crippen LogP contribution in [-0.4, -0.2) is 73.3 Å². The summed E-state index contributed by atoms with van der Waals surface area (Å²) < 4.78 is 26.9. The van der Waals surface area contributed by atoms with Gasteiger partial charge in [0.1, 0.15) is 0 Å². The molecule has 0 spiro atoms. The van der Waals surface area contributed by atoms with Crippen LogP contribution in [0.5, 0.6) is 0 Å². The van der Waals surface area contributed by atoms with E-state index >= 15 is 0 Å². The molecule has 1 aliphatic heterocycles. The minimum atomic E-state index is -2.88. The zero-order valence-electron chi connectivity index (χ0n) is 19.3. The third kappa shape index (κ3) is 7.60. The fourth-order valence-electron chi connectivity index (χ4n) is 3.18. The van der Waals surface area contributed by atoms with Gasteiger partial charge < -0.3 is 20.0 Å². The monoisotopic (exact) mass is 445 g/mol. The second-order valence-corrected chi connectivity index (χ2v) is 7.98. The summed E-state index contributed by atoms with van der Waals surface area (Å²) in [5.74, 6) is -2.22. The van der Waals surface area contributed by atoms with Crippen LogP contribution in [0, 0.1) is 0 Å². The van der Waals surface area contributed by atoms with Crippen molar-refractivity contribution in [2.45, 2.75) is 19.8 Å². The number of halogens is 2. The number of hydrogen-bond acceptors (Lipinski definition) is 4. The largest absolute Gasteiger partial charge is 0.353 e. The van der Waals surface area contributed by atoms with E-state index in [1.165, 1.54) is 12.1 Å². The normalized spacial score (nSPS) is 15.8. The van der Waals surface area contributed by atoms with Crippen molar-refractivity contribution in [3.05, 3.63) is 66.5 Å². The van der Waals surface area contributed by atoms with E-state index < -0.39 is 5.92 Å². The molecule has 174 valence electrons. The van der Waals surface area contributed by atoms with Crippen molar-refractivity contribution in [2.24, 2.45) is 4.99 Å². The number of carbonyl (C=O) groups is 1. The van der Waals surface area contributed by atoms with Crippen molar-refractivity contribution in [2.75, 3.05) is 52.1 Å². The lowest BCUT2D eigenvalue weighted by Gasteiger charge is -2.36. The summed E-state index contributed by atoms with van der Waals surface area (Å²) >= 11 is 0. The number of carbonyl (C=O) groups excluding carboxylic acids is 1. The van der Waals surface area contributed by atoms with Crippen molar-refractivity contribution in [3.8, 4) is 0 Å². The van der Waals surface area contributed by atoms with Gasteiger partial charge in [-0.2, -0.15) is 0 Å². The van der Waals surface area contributed by atoms with Crippen LogP contribution in [0.1, 0.15) is 19.4 Å². The topological polar surface area (TPSA) is 51.2 Å². The van der Waals surface area contributed by atoms with Crippen LogP contribution in [0.2, 0.25) is 0 Å². The highest BCUT2D eigenvalue weighted by Gasteiger charge is 2.25. The molecule has 1 N–H and O–H groups in total. The summed E-state index contributed by atoms with van der Waals surface area (Å²) in [7, 11) is 3.90. The number of rotatable bonds is 8. The quantitative estimate of drug-likeness (QED) is 0.374. The molecule has 6 nitrogen and oxygen atoms in total. The molecule has 1 heterocycles. The molecule has 0 bridgehead atoms. The van der Waals surface area contributed by atoms with Crippen LogP contribution < -0.4 is 5.32 Å². The average Bonchev–Trinajstić information content (AvgIpc) is 2.74. The van der Waals surface area contributed by atoms with E-state index in [1.807, 2.05) is 43.0 Å².